The predicted molar refractivity (Wildman–Crippen MR) is 102 cm³/mol. The molecule has 1 aliphatic rings. The summed E-state index contributed by atoms with van der Waals surface area (Å²) in [6.07, 6.45) is 2.40. The summed E-state index contributed by atoms with van der Waals surface area (Å²) in [6.45, 7) is 6.27. The standard InChI is InChI=1S/C22H27FN2O/c1-16-4-3-5-18(12-16)14-24-11-10-21-8-9-22(26)25(21)15-19-13-20(23)7-6-17(19)2/h3-7,12-13,21,24H,8-11,14-15H2,1-2H3/t21-/m1/s1. The van der Waals surface area contributed by atoms with Crippen molar-refractivity contribution in [2.75, 3.05) is 6.54 Å². The lowest BCUT2D eigenvalue weighted by Gasteiger charge is -2.26. The van der Waals surface area contributed by atoms with E-state index in [1.165, 1.54) is 17.2 Å². The average Bonchev–Trinajstić information content (AvgIpc) is 2.95. The summed E-state index contributed by atoms with van der Waals surface area (Å²) in [6, 6.07) is 13.5. The maximum Gasteiger partial charge on any atom is 0.223 e. The number of nitrogens with zero attached hydrogens (tertiary/aromatic N) is 1. The zero-order chi connectivity index (χ0) is 18.5. The molecule has 3 nitrogen and oxygen atoms in total. The quantitative estimate of drug-likeness (QED) is 0.759. The Morgan fingerprint density at radius 2 is 2.04 bits per heavy atom. The zero-order valence-electron chi connectivity index (χ0n) is 15.6. The van der Waals surface area contributed by atoms with Crippen LogP contribution in [-0.4, -0.2) is 23.4 Å². The largest absolute Gasteiger partial charge is 0.335 e. The van der Waals surface area contributed by atoms with Gasteiger partial charge in [-0.3, -0.25) is 4.79 Å². The molecule has 1 N–H and O–H groups in total. The van der Waals surface area contributed by atoms with Crippen molar-refractivity contribution in [2.45, 2.75) is 52.2 Å². The van der Waals surface area contributed by atoms with Gasteiger partial charge in [0.05, 0.1) is 0 Å². The first-order valence-corrected chi connectivity index (χ1v) is 9.33. The Labute approximate surface area is 155 Å². The van der Waals surface area contributed by atoms with Gasteiger partial charge in [-0.1, -0.05) is 35.9 Å². The normalized spacial score (nSPS) is 17.1. The molecule has 26 heavy (non-hydrogen) atoms. The van der Waals surface area contributed by atoms with E-state index in [1.807, 2.05) is 11.8 Å². The van der Waals surface area contributed by atoms with Gasteiger partial charge >= 0.3 is 0 Å². The second-order valence-corrected chi connectivity index (χ2v) is 7.24. The molecule has 1 heterocycles. The van der Waals surface area contributed by atoms with Gasteiger partial charge in [0.1, 0.15) is 5.82 Å². The lowest BCUT2D eigenvalue weighted by atomic mass is 10.1. The number of rotatable bonds is 7. The van der Waals surface area contributed by atoms with E-state index in [9.17, 15) is 9.18 Å². The molecular formula is C22H27FN2O. The molecule has 4 heteroatoms. The Balaban J connectivity index is 1.53. The number of likely N-dealkylation sites (tertiary alicyclic amines) is 1. The van der Waals surface area contributed by atoms with Gasteiger partial charge in [-0.2, -0.15) is 0 Å². The van der Waals surface area contributed by atoms with Gasteiger partial charge in [0, 0.05) is 25.6 Å². The molecule has 1 atom stereocenters. The van der Waals surface area contributed by atoms with Gasteiger partial charge in [0.25, 0.3) is 0 Å². The number of amides is 1. The van der Waals surface area contributed by atoms with Crippen molar-refractivity contribution in [3.63, 3.8) is 0 Å². The van der Waals surface area contributed by atoms with Crippen LogP contribution in [0.2, 0.25) is 0 Å². The van der Waals surface area contributed by atoms with E-state index in [-0.39, 0.29) is 17.8 Å². The second-order valence-electron chi connectivity index (χ2n) is 7.24. The molecule has 2 aromatic rings. The minimum atomic E-state index is -0.242. The maximum atomic E-state index is 13.5. The van der Waals surface area contributed by atoms with Gasteiger partial charge in [-0.25, -0.2) is 4.39 Å². The molecule has 1 saturated heterocycles. The first-order chi connectivity index (χ1) is 12.5. The summed E-state index contributed by atoms with van der Waals surface area (Å²) >= 11 is 0. The number of hydrogen-bond acceptors (Lipinski definition) is 2. The molecule has 0 saturated carbocycles. The highest BCUT2D eigenvalue weighted by Gasteiger charge is 2.30. The van der Waals surface area contributed by atoms with Crippen LogP contribution >= 0.6 is 0 Å². The molecule has 0 spiro atoms. The number of nitrogens with one attached hydrogen (secondary N) is 1. The minimum absolute atomic E-state index is 0.178. The van der Waals surface area contributed by atoms with Gasteiger partial charge in [-0.05, 0) is 62.1 Å². The van der Waals surface area contributed by atoms with Crippen LogP contribution in [0.25, 0.3) is 0 Å². The number of aryl methyl sites for hydroxylation is 2. The number of carbonyl (C=O) groups excluding carboxylic acids is 1. The lowest BCUT2D eigenvalue weighted by Crippen LogP contribution is -2.34. The molecule has 0 radical (unpaired) electrons. The SMILES string of the molecule is Cc1cccc(CNCC[C@H]2CCC(=O)N2Cc2cc(F)ccc2C)c1. The Morgan fingerprint density at radius 3 is 2.85 bits per heavy atom. The average molecular weight is 354 g/mol. The first kappa shape index (κ1) is 18.6. The molecule has 2 aromatic carbocycles. The topological polar surface area (TPSA) is 32.3 Å². The lowest BCUT2D eigenvalue weighted by molar-refractivity contribution is -0.129. The number of halogens is 1. The van der Waals surface area contributed by atoms with Crippen LogP contribution in [0.4, 0.5) is 4.39 Å². The third kappa shape index (κ3) is 4.70. The van der Waals surface area contributed by atoms with Gasteiger partial charge in [0.2, 0.25) is 5.91 Å². The summed E-state index contributed by atoms with van der Waals surface area (Å²) in [5, 5.41) is 3.48. The third-order valence-corrected chi connectivity index (χ3v) is 5.17. The maximum absolute atomic E-state index is 13.5. The second kappa shape index (κ2) is 8.45. The fourth-order valence-corrected chi connectivity index (χ4v) is 3.63. The first-order valence-electron chi connectivity index (χ1n) is 9.33. The predicted octanol–water partition coefficient (Wildman–Crippen LogP) is 4.11. The molecular weight excluding hydrogens is 327 g/mol. The van der Waals surface area contributed by atoms with Crippen molar-refractivity contribution in [3.8, 4) is 0 Å². The van der Waals surface area contributed by atoms with Crippen LogP contribution < -0.4 is 5.32 Å². The molecule has 1 amide bonds. The van der Waals surface area contributed by atoms with E-state index in [0.29, 0.717) is 13.0 Å². The number of carbonyl (C=O) groups is 1. The van der Waals surface area contributed by atoms with Crippen LogP contribution in [0.5, 0.6) is 0 Å². The van der Waals surface area contributed by atoms with Gasteiger partial charge < -0.3 is 10.2 Å². The van der Waals surface area contributed by atoms with Crippen LogP contribution in [0.1, 0.15) is 41.5 Å². The molecule has 0 bridgehead atoms. The zero-order valence-corrected chi connectivity index (χ0v) is 15.6. The van der Waals surface area contributed by atoms with Crippen molar-refractivity contribution in [3.05, 3.63) is 70.5 Å². The van der Waals surface area contributed by atoms with E-state index >= 15 is 0 Å². The Hall–Kier alpha value is -2.20. The number of hydrogen-bond donors (Lipinski definition) is 1. The van der Waals surface area contributed by atoms with Crippen LogP contribution in [-0.2, 0) is 17.9 Å². The van der Waals surface area contributed by atoms with Crippen LogP contribution in [0.3, 0.4) is 0 Å². The summed E-state index contributed by atoms with van der Waals surface area (Å²) in [5.41, 5.74) is 4.47. The smallest absolute Gasteiger partial charge is 0.223 e. The highest BCUT2D eigenvalue weighted by atomic mass is 19.1. The molecule has 0 unspecified atom stereocenters. The van der Waals surface area contributed by atoms with Crippen molar-refractivity contribution in [1.29, 1.82) is 0 Å². The van der Waals surface area contributed by atoms with E-state index in [1.54, 1.807) is 12.1 Å². The summed E-state index contributed by atoms with van der Waals surface area (Å²) in [4.78, 5) is 14.2. The summed E-state index contributed by atoms with van der Waals surface area (Å²) < 4.78 is 13.5. The van der Waals surface area contributed by atoms with Gasteiger partial charge in [0.15, 0.2) is 0 Å². The van der Waals surface area contributed by atoms with Crippen LogP contribution in [0, 0.1) is 19.7 Å². The highest BCUT2D eigenvalue weighted by Crippen LogP contribution is 2.25. The molecule has 0 aliphatic carbocycles. The fraction of sp³-hybridized carbons (Fsp3) is 0.409. The van der Waals surface area contributed by atoms with E-state index < -0.39 is 0 Å². The molecule has 1 aliphatic heterocycles. The molecule has 0 aromatic heterocycles. The summed E-state index contributed by atoms with van der Waals surface area (Å²) in [5.74, 6) is -0.0639. The Morgan fingerprint density at radius 1 is 1.19 bits per heavy atom. The monoisotopic (exact) mass is 354 g/mol. The fourth-order valence-electron chi connectivity index (χ4n) is 3.63. The van der Waals surface area contributed by atoms with E-state index in [2.05, 4.69) is 36.5 Å². The molecule has 3 rings (SSSR count). The van der Waals surface area contributed by atoms with Crippen LogP contribution in [0.15, 0.2) is 42.5 Å². The number of benzene rings is 2. The Kier molecular flexibility index (Phi) is 6.04. The van der Waals surface area contributed by atoms with Crippen molar-refractivity contribution >= 4 is 5.91 Å². The van der Waals surface area contributed by atoms with Gasteiger partial charge in [-0.15, -0.1) is 0 Å². The van der Waals surface area contributed by atoms with Crippen molar-refractivity contribution in [1.82, 2.24) is 10.2 Å². The summed E-state index contributed by atoms with van der Waals surface area (Å²) in [7, 11) is 0. The Bertz CT molecular complexity index is 774. The van der Waals surface area contributed by atoms with E-state index in [0.717, 1.165) is 37.1 Å². The molecule has 138 valence electrons. The minimum Gasteiger partial charge on any atom is -0.335 e. The van der Waals surface area contributed by atoms with E-state index in [4.69, 9.17) is 0 Å². The van der Waals surface area contributed by atoms with Crippen molar-refractivity contribution in [2.24, 2.45) is 0 Å². The highest BCUT2D eigenvalue weighted by molar-refractivity contribution is 5.78. The third-order valence-electron chi connectivity index (χ3n) is 5.17. The van der Waals surface area contributed by atoms with Crippen molar-refractivity contribution < 1.29 is 9.18 Å². The molecule has 1 fully saturated rings.